The summed E-state index contributed by atoms with van der Waals surface area (Å²) < 4.78 is 7.89. The Hall–Kier alpha value is -2.47. The molecule has 1 heterocycles. The highest BCUT2D eigenvalue weighted by molar-refractivity contribution is 14.1. The smallest absolute Gasteiger partial charge is 0.269 e. The van der Waals surface area contributed by atoms with E-state index in [9.17, 15) is 14.9 Å². The highest BCUT2D eigenvalue weighted by Crippen LogP contribution is 2.39. The summed E-state index contributed by atoms with van der Waals surface area (Å²) in [6, 6.07) is 18.3. The molecule has 4 rings (SSSR count). The number of rotatable bonds is 7. The van der Waals surface area contributed by atoms with Crippen molar-refractivity contribution in [2.45, 2.75) is 20.5 Å². The monoisotopic (exact) mass is 680 g/mol. The molecule has 0 aromatic heterocycles. The molecule has 0 bridgehead atoms. The van der Waals surface area contributed by atoms with E-state index in [4.69, 9.17) is 4.74 Å². The molecular weight excluding hydrogens is 658 g/mol. The van der Waals surface area contributed by atoms with Gasteiger partial charge in [0.15, 0.2) is 0 Å². The Balaban J connectivity index is 1.58. The van der Waals surface area contributed by atoms with Crippen LogP contribution in [0.1, 0.15) is 30.5 Å². The maximum absolute atomic E-state index is 13.3. The lowest BCUT2D eigenvalue weighted by Gasteiger charge is -2.19. The number of nitro groups is 1. The number of nitro benzene ring substituents is 1. The van der Waals surface area contributed by atoms with Gasteiger partial charge >= 0.3 is 0 Å². The molecule has 0 saturated heterocycles. The van der Waals surface area contributed by atoms with Crippen molar-refractivity contribution in [2.24, 2.45) is 5.92 Å². The number of nitrogens with zero attached hydrogens (tertiary/aromatic N) is 2. The lowest BCUT2D eigenvalue weighted by molar-refractivity contribution is -0.384. The van der Waals surface area contributed by atoms with Gasteiger partial charge in [0.25, 0.3) is 11.6 Å². The van der Waals surface area contributed by atoms with Crippen LogP contribution in [-0.4, -0.2) is 17.4 Å². The van der Waals surface area contributed by atoms with E-state index in [1.807, 2.05) is 47.4 Å². The highest BCUT2D eigenvalue weighted by Gasteiger charge is 2.32. The lowest BCUT2D eigenvalue weighted by atomic mass is 10.0. The van der Waals surface area contributed by atoms with Crippen LogP contribution in [0, 0.1) is 23.2 Å². The number of non-ortho nitro benzene ring substituents is 1. The Morgan fingerprint density at radius 2 is 1.71 bits per heavy atom. The summed E-state index contributed by atoms with van der Waals surface area (Å²) in [7, 11) is 0. The second-order valence-corrected chi connectivity index (χ2v) is 10.7. The fourth-order valence-electron chi connectivity index (χ4n) is 3.83. The molecule has 174 valence electrons. The quantitative estimate of drug-likeness (QED) is 0.118. The first kappa shape index (κ1) is 24.6. The highest BCUT2D eigenvalue weighted by atomic mass is 127. The zero-order chi connectivity index (χ0) is 24.4. The van der Waals surface area contributed by atoms with Crippen LogP contribution in [-0.2, 0) is 11.4 Å². The molecular formula is C26H22I2N2O4. The summed E-state index contributed by atoms with van der Waals surface area (Å²) in [5, 5.41) is 10.8. The standard InChI is InChI=1S/C26H22I2N2O4/c1-16(2)14-29-24-6-4-3-5-20(24)21(26(29)31)11-18-12-22(27)25(23(28)13-18)34-15-17-7-9-19(10-8-17)30(32)33/h3-13,16H,14-15H2,1-2H3/b21-11-. The van der Waals surface area contributed by atoms with Crippen molar-refractivity contribution >= 4 is 74.1 Å². The second kappa shape index (κ2) is 10.4. The summed E-state index contributed by atoms with van der Waals surface area (Å²) in [4.78, 5) is 25.5. The van der Waals surface area contributed by atoms with Gasteiger partial charge in [0.2, 0.25) is 0 Å². The van der Waals surface area contributed by atoms with E-state index in [0.29, 0.717) is 24.6 Å². The number of carbonyl (C=O) groups excluding carboxylic acids is 1. The third-order valence-electron chi connectivity index (χ3n) is 5.37. The number of benzene rings is 3. The van der Waals surface area contributed by atoms with Gasteiger partial charge in [-0.2, -0.15) is 0 Å². The van der Waals surface area contributed by atoms with Gasteiger partial charge in [-0.15, -0.1) is 0 Å². The molecule has 0 saturated carbocycles. The first-order valence-electron chi connectivity index (χ1n) is 10.7. The Kier molecular flexibility index (Phi) is 7.56. The molecule has 0 aliphatic carbocycles. The van der Waals surface area contributed by atoms with E-state index in [0.717, 1.165) is 35.3 Å². The summed E-state index contributed by atoms with van der Waals surface area (Å²) in [5.74, 6) is 1.14. The molecule has 34 heavy (non-hydrogen) atoms. The van der Waals surface area contributed by atoms with Gasteiger partial charge in [0.05, 0.1) is 17.8 Å². The maximum atomic E-state index is 13.3. The van der Waals surface area contributed by atoms with Crippen molar-refractivity contribution in [3.05, 3.63) is 94.6 Å². The average molecular weight is 680 g/mol. The predicted molar refractivity (Wildman–Crippen MR) is 151 cm³/mol. The van der Waals surface area contributed by atoms with Crippen LogP contribution in [0.25, 0.3) is 11.6 Å². The first-order chi connectivity index (χ1) is 16.2. The number of hydrogen-bond donors (Lipinski definition) is 0. The molecule has 0 N–H and O–H groups in total. The number of fused-ring (bicyclic) bond motifs is 1. The van der Waals surface area contributed by atoms with Crippen LogP contribution >= 0.6 is 45.2 Å². The van der Waals surface area contributed by atoms with Gasteiger partial charge in [0.1, 0.15) is 12.4 Å². The summed E-state index contributed by atoms with van der Waals surface area (Å²) in [5.41, 5.74) is 4.45. The summed E-state index contributed by atoms with van der Waals surface area (Å²) >= 11 is 4.47. The van der Waals surface area contributed by atoms with Gasteiger partial charge in [-0.3, -0.25) is 14.9 Å². The Bertz CT molecular complexity index is 1260. The molecule has 0 radical (unpaired) electrons. The van der Waals surface area contributed by atoms with Gasteiger partial charge < -0.3 is 9.64 Å². The molecule has 0 spiro atoms. The van der Waals surface area contributed by atoms with Crippen LogP contribution in [0.3, 0.4) is 0 Å². The van der Waals surface area contributed by atoms with Crippen molar-refractivity contribution in [1.29, 1.82) is 0 Å². The zero-order valence-corrected chi connectivity index (χ0v) is 22.9. The summed E-state index contributed by atoms with van der Waals surface area (Å²) in [6.45, 7) is 5.20. The fourth-order valence-corrected chi connectivity index (χ4v) is 5.96. The second-order valence-electron chi connectivity index (χ2n) is 8.41. The number of hydrogen-bond acceptors (Lipinski definition) is 4. The van der Waals surface area contributed by atoms with E-state index in [1.54, 1.807) is 12.1 Å². The van der Waals surface area contributed by atoms with Crippen LogP contribution < -0.4 is 9.64 Å². The van der Waals surface area contributed by atoms with Crippen molar-refractivity contribution < 1.29 is 14.5 Å². The SMILES string of the molecule is CC(C)CN1C(=O)/C(=C\c2cc(I)c(OCc3ccc([N+](=O)[O-])cc3)c(I)c2)c2ccccc21. The third-order valence-corrected chi connectivity index (χ3v) is 6.97. The molecule has 0 unspecified atom stereocenters. The van der Waals surface area contributed by atoms with Gasteiger partial charge in [0, 0.05) is 29.8 Å². The molecule has 6 nitrogen and oxygen atoms in total. The molecule has 0 atom stereocenters. The van der Waals surface area contributed by atoms with Crippen molar-refractivity contribution in [1.82, 2.24) is 0 Å². The van der Waals surface area contributed by atoms with Crippen LogP contribution in [0.5, 0.6) is 5.75 Å². The van der Waals surface area contributed by atoms with Gasteiger partial charge in [-0.05, 0) is 98.6 Å². The minimum atomic E-state index is -0.417. The third kappa shape index (κ3) is 5.27. The largest absolute Gasteiger partial charge is 0.487 e. The van der Waals surface area contributed by atoms with E-state index in [1.165, 1.54) is 12.1 Å². The van der Waals surface area contributed by atoms with E-state index in [2.05, 4.69) is 59.0 Å². The molecule has 8 heteroatoms. The topological polar surface area (TPSA) is 72.7 Å². The minimum Gasteiger partial charge on any atom is -0.487 e. The zero-order valence-electron chi connectivity index (χ0n) is 18.6. The number of ether oxygens (including phenoxy) is 1. The Morgan fingerprint density at radius 3 is 2.32 bits per heavy atom. The first-order valence-corrected chi connectivity index (χ1v) is 12.9. The van der Waals surface area contributed by atoms with E-state index >= 15 is 0 Å². The Labute approximate surface area is 225 Å². The fraction of sp³-hybridized carbons (Fsp3) is 0.192. The van der Waals surface area contributed by atoms with Crippen molar-refractivity contribution in [3.63, 3.8) is 0 Å². The molecule has 1 aliphatic rings. The normalized spacial score (nSPS) is 14.1. The minimum absolute atomic E-state index is 0.0263. The van der Waals surface area contributed by atoms with Crippen LogP contribution in [0.15, 0.2) is 60.7 Å². The van der Waals surface area contributed by atoms with Gasteiger partial charge in [-0.1, -0.05) is 32.0 Å². The van der Waals surface area contributed by atoms with Crippen LogP contribution in [0.4, 0.5) is 11.4 Å². The van der Waals surface area contributed by atoms with Crippen molar-refractivity contribution in [2.75, 3.05) is 11.4 Å². The van der Waals surface area contributed by atoms with Crippen molar-refractivity contribution in [3.8, 4) is 5.75 Å². The molecule has 1 amide bonds. The molecule has 1 aliphatic heterocycles. The molecule has 3 aromatic carbocycles. The molecule has 3 aromatic rings. The molecule has 0 fully saturated rings. The number of amides is 1. The summed E-state index contributed by atoms with van der Waals surface area (Å²) in [6.07, 6.45) is 1.95. The average Bonchev–Trinajstić information content (AvgIpc) is 3.04. The van der Waals surface area contributed by atoms with E-state index < -0.39 is 4.92 Å². The van der Waals surface area contributed by atoms with Gasteiger partial charge in [-0.25, -0.2) is 0 Å². The number of halogens is 2. The number of carbonyl (C=O) groups is 1. The number of anilines is 1. The number of para-hydroxylation sites is 1. The van der Waals surface area contributed by atoms with Crippen LogP contribution in [0.2, 0.25) is 0 Å². The lowest BCUT2D eigenvalue weighted by Crippen LogP contribution is -2.30. The maximum Gasteiger partial charge on any atom is 0.269 e. The predicted octanol–water partition coefficient (Wildman–Crippen LogP) is 6.93. The Morgan fingerprint density at radius 1 is 1.06 bits per heavy atom. The van der Waals surface area contributed by atoms with E-state index in [-0.39, 0.29) is 11.6 Å².